The van der Waals surface area contributed by atoms with Crippen molar-refractivity contribution in [2.75, 3.05) is 19.7 Å². The molecule has 0 aromatic rings. The number of carbonyl (C=O) groups excluding carboxylic acids is 1. The number of cyclic esters (lactones) is 1. The van der Waals surface area contributed by atoms with E-state index in [1.54, 1.807) is 0 Å². The molecule has 2 aliphatic rings. The zero-order chi connectivity index (χ0) is 10.8. The van der Waals surface area contributed by atoms with Crippen LogP contribution in [-0.4, -0.2) is 53.8 Å². The van der Waals surface area contributed by atoms with E-state index in [1.807, 2.05) is 0 Å². The largest absolute Gasteiger partial charge is 0.480 e. The normalized spacial score (nSPS) is 30.7. The van der Waals surface area contributed by atoms with E-state index >= 15 is 0 Å². The maximum Gasteiger partial charge on any atom is 0.410 e. The third-order valence-corrected chi connectivity index (χ3v) is 2.84. The van der Waals surface area contributed by atoms with E-state index in [0.717, 1.165) is 19.4 Å². The van der Waals surface area contributed by atoms with E-state index in [-0.39, 0.29) is 12.6 Å². The molecule has 2 atom stereocenters. The van der Waals surface area contributed by atoms with Gasteiger partial charge in [-0.2, -0.15) is 0 Å². The van der Waals surface area contributed by atoms with E-state index in [0.29, 0.717) is 6.54 Å². The van der Waals surface area contributed by atoms with Crippen LogP contribution in [0.3, 0.4) is 0 Å². The highest BCUT2D eigenvalue weighted by Gasteiger charge is 2.39. The molecule has 15 heavy (non-hydrogen) atoms. The Bertz CT molecular complexity index is 275. The van der Waals surface area contributed by atoms with Gasteiger partial charge in [0.25, 0.3) is 0 Å². The molecule has 6 heteroatoms. The summed E-state index contributed by atoms with van der Waals surface area (Å²) < 4.78 is 4.73. The Morgan fingerprint density at radius 1 is 1.67 bits per heavy atom. The average molecular weight is 214 g/mol. The average Bonchev–Trinajstić information content (AvgIpc) is 2.78. The Kier molecular flexibility index (Phi) is 2.77. The van der Waals surface area contributed by atoms with Crippen molar-refractivity contribution in [3.8, 4) is 0 Å². The van der Waals surface area contributed by atoms with Gasteiger partial charge in [0, 0.05) is 12.6 Å². The number of amides is 1. The first-order valence-corrected chi connectivity index (χ1v) is 5.08. The molecule has 2 rings (SSSR count). The second kappa shape index (κ2) is 4.06. The molecule has 0 aromatic heterocycles. The van der Waals surface area contributed by atoms with Crippen LogP contribution in [0.1, 0.15) is 12.8 Å². The number of aliphatic carboxylic acids is 1. The lowest BCUT2D eigenvalue weighted by Crippen LogP contribution is -2.45. The van der Waals surface area contributed by atoms with Crippen LogP contribution in [0, 0.1) is 0 Å². The van der Waals surface area contributed by atoms with Crippen molar-refractivity contribution in [3.05, 3.63) is 0 Å². The van der Waals surface area contributed by atoms with Gasteiger partial charge in [0.05, 0.1) is 0 Å². The topological polar surface area (TPSA) is 78.9 Å². The highest BCUT2D eigenvalue weighted by atomic mass is 16.6. The van der Waals surface area contributed by atoms with Crippen LogP contribution in [0.25, 0.3) is 0 Å². The minimum Gasteiger partial charge on any atom is -0.480 e. The number of hydrogen-bond donors (Lipinski definition) is 2. The van der Waals surface area contributed by atoms with Gasteiger partial charge in [-0.05, 0) is 19.4 Å². The molecule has 84 valence electrons. The Morgan fingerprint density at radius 2 is 2.47 bits per heavy atom. The summed E-state index contributed by atoms with van der Waals surface area (Å²) >= 11 is 0. The third-order valence-electron chi connectivity index (χ3n) is 2.84. The summed E-state index contributed by atoms with van der Waals surface area (Å²) in [5.41, 5.74) is 0. The summed E-state index contributed by atoms with van der Waals surface area (Å²) in [6.07, 6.45) is 1.54. The lowest BCUT2D eigenvalue weighted by atomic mass is 10.2. The summed E-state index contributed by atoms with van der Waals surface area (Å²) in [5.74, 6) is -1.00. The molecule has 2 saturated heterocycles. The quantitative estimate of drug-likeness (QED) is 0.671. The molecule has 6 nitrogen and oxygen atoms in total. The van der Waals surface area contributed by atoms with Gasteiger partial charge in [0.15, 0.2) is 6.04 Å². The van der Waals surface area contributed by atoms with E-state index in [1.165, 1.54) is 4.90 Å². The lowest BCUT2D eigenvalue weighted by molar-refractivity contribution is -0.141. The van der Waals surface area contributed by atoms with Crippen LogP contribution in [0.2, 0.25) is 0 Å². The number of hydrogen-bond acceptors (Lipinski definition) is 4. The first-order valence-electron chi connectivity index (χ1n) is 5.08. The van der Waals surface area contributed by atoms with Crippen molar-refractivity contribution in [1.29, 1.82) is 0 Å². The van der Waals surface area contributed by atoms with Crippen molar-refractivity contribution in [1.82, 2.24) is 10.2 Å². The standard InChI is InChI=1S/C9H14N2O4/c12-8(13)7-5-15-9(14)11(7)4-6-2-1-3-10-6/h6-7,10H,1-5H2,(H,12,13). The van der Waals surface area contributed by atoms with E-state index in [2.05, 4.69) is 5.32 Å². The van der Waals surface area contributed by atoms with Crippen molar-refractivity contribution in [2.24, 2.45) is 0 Å². The molecule has 0 radical (unpaired) electrons. The summed E-state index contributed by atoms with van der Waals surface area (Å²) in [4.78, 5) is 23.4. The zero-order valence-corrected chi connectivity index (χ0v) is 8.31. The molecule has 2 unspecified atom stereocenters. The smallest absolute Gasteiger partial charge is 0.410 e. The first kappa shape index (κ1) is 10.2. The monoisotopic (exact) mass is 214 g/mol. The summed E-state index contributed by atoms with van der Waals surface area (Å²) in [5, 5.41) is 12.1. The van der Waals surface area contributed by atoms with Crippen LogP contribution in [0.5, 0.6) is 0 Å². The van der Waals surface area contributed by atoms with Crippen LogP contribution in [0.4, 0.5) is 4.79 Å². The highest BCUT2D eigenvalue weighted by Crippen LogP contribution is 2.16. The van der Waals surface area contributed by atoms with Gasteiger partial charge in [-0.1, -0.05) is 0 Å². The fraction of sp³-hybridized carbons (Fsp3) is 0.778. The first-order chi connectivity index (χ1) is 7.18. The van der Waals surface area contributed by atoms with Crippen LogP contribution in [-0.2, 0) is 9.53 Å². The lowest BCUT2D eigenvalue weighted by Gasteiger charge is -2.21. The van der Waals surface area contributed by atoms with Gasteiger partial charge in [-0.3, -0.25) is 4.90 Å². The third kappa shape index (κ3) is 2.04. The highest BCUT2D eigenvalue weighted by molar-refractivity contribution is 5.82. The van der Waals surface area contributed by atoms with Crippen molar-refractivity contribution < 1.29 is 19.4 Å². The Labute approximate surface area is 87.2 Å². The van der Waals surface area contributed by atoms with E-state index < -0.39 is 18.1 Å². The molecule has 2 heterocycles. The number of carbonyl (C=O) groups is 2. The second-order valence-corrected chi connectivity index (χ2v) is 3.88. The fourth-order valence-electron chi connectivity index (χ4n) is 2.01. The molecule has 0 saturated carbocycles. The molecular formula is C9H14N2O4. The zero-order valence-electron chi connectivity index (χ0n) is 8.31. The van der Waals surface area contributed by atoms with Crippen LogP contribution >= 0.6 is 0 Å². The van der Waals surface area contributed by atoms with E-state index in [9.17, 15) is 9.59 Å². The molecule has 0 bridgehead atoms. The molecule has 1 amide bonds. The number of nitrogens with zero attached hydrogens (tertiary/aromatic N) is 1. The maximum atomic E-state index is 11.3. The molecule has 2 aliphatic heterocycles. The summed E-state index contributed by atoms with van der Waals surface area (Å²) in [6, 6.07) is -0.614. The Hall–Kier alpha value is -1.30. The summed E-state index contributed by atoms with van der Waals surface area (Å²) in [6.45, 7) is 1.32. The summed E-state index contributed by atoms with van der Waals surface area (Å²) in [7, 11) is 0. The number of nitrogens with one attached hydrogen (secondary N) is 1. The Morgan fingerprint density at radius 3 is 3.07 bits per heavy atom. The maximum absolute atomic E-state index is 11.3. The van der Waals surface area contributed by atoms with Gasteiger partial charge >= 0.3 is 12.1 Å². The van der Waals surface area contributed by atoms with Gasteiger partial charge < -0.3 is 15.2 Å². The van der Waals surface area contributed by atoms with E-state index in [4.69, 9.17) is 9.84 Å². The predicted octanol–water partition coefficient (Wildman–Crippen LogP) is -0.356. The molecule has 2 N–H and O–H groups in total. The molecule has 0 aliphatic carbocycles. The number of ether oxygens (including phenoxy) is 1. The number of rotatable bonds is 3. The SMILES string of the molecule is O=C(O)C1COC(=O)N1CC1CCCN1. The minimum absolute atomic E-state index is 0.0408. The van der Waals surface area contributed by atoms with Gasteiger partial charge in [-0.25, -0.2) is 9.59 Å². The van der Waals surface area contributed by atoms with Crippen LogP contribution in [0.15, 0.2) is 0 Å². The Balaban J connectivity index is 1.97. The van der Waals surface area contributed by atoms with Gasteiger partial charge in [-0.15, -0.1) is 0 Å². The second-order valence-electron chi connectivity index (χ2n) is 3.88. The molecule has 0 spiro atoms. The van der Waals surface area contributed by atoms with Crippen molar-refractivity contribution in [3.63, 3.8) is 0 Å². The van der Waals surface area contributed by atoms with Gasteiger partial charge in [0.1, 0.15) is 6.61 Å². The minimum atomic E-state index is -1.00. The fourth-order valence-corrected chi connectivity index (χ4v) is 2.01. The van der Waals surface area contributed by atoms with Crippen molar-refractivity contribution in [2.45, 2.75) is 24.9 Å². The molecule has 0 aromatic carbocycles. The number of carboxylic acids is 1. The van der Waals surface area contributed by atoms with Crippen molar-refractivity contribution >= 4 is 12.1 Å². The number of carboxylic acid groups (broad SMARTS) is 1. The van der Waals surface area contributed by atoms with Crippen LogP contribution < -0.4 is 5.32 Å². The predicted molar refractivity (Wildman–Crippen MR) is 50.5 cm³/mol. The molecular weight excluding hydrogens is 200 g/mol. The molecule has 2 fully saturated rings. The van der Waals surface area contributed by atoms with Gasteiger partial charge in [0.2, 0.25) is 0 Å².